The molecular formula is C25H31N3O4. The minimum absolute atomic E-state index is 0.0264. The van der Waals surface area contributed by atoms with E-state index in [9.17, 15) is 4.79 Å². The Labute approximate surface area is 189 Å². The SMILES string of the molecule is COc1ccc(OC)c([C@@H]2CC(c3ccc(C)cc3C)=NN2C(=O)CN2CCOCC2)c1. The van der Waals surface area contributed by atoms with E-state index in [2.05, 4.69) is 36.9 Å². The first-order valence-corrected chi connectivity index (χ1v) is 11.0. The van der Waals surface area contributed by atoms with E-state index in [-0.39, 0.29) is 11.9 Å². The maximum Gasteiger partial charge on any atom is 0.257 e. The van der Waals surface area contributed by atoms with Crippen LogP contribution in [0.4, 0.5) is 0 Å². The van der Waals surface area contributed by atoms with Gasteiger partial charge in [0.25, 0.3) is 5.91 Å². The fraction of sp³-hybridized carbons (Fsp3) is 0.440. The molecule has 32 heavy (non-hydrogen) atoms. The number of methoxy groups -OCH3 is 2. The second kappa shape index (κ2) is 9.71. The third-order valence-corrected chi connectivity index (χ3v) is 6.12. The normalized spacial score (nSPS) is 19.1. The molecule has 0 saturated carbocycles. The van der Waals surface area contributed by atoms with Crippen molar-refractivity contribution in [3.05, 3.63) is 58.7 Å². The lowest BCUT2D eigenvalue weighted by Crippen LogP contribution is -2.43. The van der Waals surface area contributed by atoms with E-state index < -0.39 is 0 Å². The van der Waals surface area contributed by atoms with Gasteiger partial charge < -0.3 is 14.2 Å². The summed E-state index contributed by atoms with van der Waals surface area (Å²) in [4.78, 5) is 15.6. The molecule has 7 nitrogen and oxygen atoms in total. The Kier molecular flexibility index (Phi) is 6.77. The van der Waals surface area contributed by atoms with Crippen LogP contribution in [-0.4, -0.2) is 68.6 Å². The molecule has 2 aromatic carbocycles. The maximum absolute atomic E-state index is 13.4. The summed E-state index contributed by atoms with van der Waals surface area (Å²) >= 11 is 0. The molecule has 0 N–H and O–H groups in total. The smallest absolute Gasteiger partial charge is 0.257 e. The number of hydrogen-bond donors (Lipinski definition) is 0. The van der Waals surface area contributed by atoms with Gasteiger partial charge in [-0.05, 0) is 37.6 Å². The molecule has 7 heteroatoms. The number of hydrogen-bond acceptors (Lipinski definition) is 6. The average Bonchev–Trinajstić information content (AvgIpc) is 3.24. The Bertz CT molecular complexity index is 1010. The fourth-order valence-electron chi connectivity index (χ4n) is 4.41. The lowest BCUT2D eigenvalue weighted by Gasteiger charge is -2.29. The Balaban J connectivity index is 1.70. The van der Waals surface area contributed by atoms with Gasteiger partial charge in [0.1, 0.15) is 11.5 Å². The van der Waals surface area contributed by atoms with E-state index in [4.69, 9.17) is 19.3 Å². The van der Waals surface area contributed by atoms with Gasteiger partial charge in [0, 0.05) is 30.6 Å². The van der Waals surface area contributed by atoms with Gasteiger partial charge in [0.2, 0.25) is 0 Å². The zero-order valence-corrected chi connectivity index (χ0v) is 19.3. The van der Waals surface area contributed by atoms with Crippen LogP contribution in [0.3, 0.4) is 0 Å². The van der Waals surface area contributed by atoms with Gasteiger partial charge >= 0.3 is 0 Å². The molecule has 0 radical (unpaired) electrons. The van der Waals surface area contributed by atoms with E-state index in [1.165, 1.54) is 5.56 Å². The average molecular weight is 438 g/mol. The molecule has 0 spiro atoms. The number of aryl methyl sites for hydroxylation is 2. The van der Waals surface area contributed by atoms with Crippen molar-refractivity contribution in [2.75, 3.05) is 47.1 Å². The van der Waals surface area contributed by atoms with Gasteiger partial charge in [-0.2, -0.15) is 5.10 Å². The molecule has 170 valence electrons. The van der Waals surface area contributed by atoms with E-state index in [0.717, 1.165) is 47.0 Å². The molecule has 0 bridgehead atoms. The summed E-state index contributed by atoms with van der Waals surface area (Å²) in [5.74, 6) is 1.42. The number of carbonyl (C=O) groups is 1. The summed E-state index contributed by atoms with van der Waals surface area (Å²) in [6.45, 7) is 7.28. The highest BCUT2D eigenvalue weighted by atomic mass is 16.5. The molecule has 4 rings (SSSR count). The Morgan fingerprint density at radius 1 is 1.09 bits per heavy atom. The van der Waals surface area contributed by atoms with Gasteiger partial charge in [0.05, 0.1) is 45.7 Å². The maximum atomic E-state index is 13.4. The molecule has 1 fully saturated rings. The number of amides is 1. The number of ether oxygens (including phenoxy) is 3. The van der Waals surface area contributed by atoms with Crippen molar-refractivity contribution in [3.63, 3.8) is 0 Å². The van der Waals surface area contributed by atoms with E-state index >= 15 is 0 Å². The standard InChI is InChI=1S/C25H31N3O4/c1-17-5-7-20(18(2)13-17)22-15-23(21-14-19(30-3)6-8-24(21)31-4)28(26-22)25(29)16-27-9-11-32-12-10-27/h5-8,13-14,23H,9-12,15-16H2,1-4H3/t23-/m0/s1. The van der Waals surface area contributed by atoms with Crippen LogP contribution >= 0.6 is 0 Å². The van der Waals surface area contributed by atoms with Crippen molar-refractivity contribution in [1.29, 1.82) is 0 Å². The molecular weight excluding hydrogens is 406 g/mol. The van der Waals surface area contributed by atoms with Crippen LogP contribution in [0.2, 0.25) is 0 Å². The topological polar surface area (TPSA) is 63.6 Å². The van der Waals surface area contributed by atoms with Gasteiger partial charge in [-0.25, -0.2) is 5.01 Å². The summed E-state index contributed by atoms with van der Waals surface area (Å²) < 4.78 is 16.5. The zero-order chi connectivity index (χ0) is 22.7. The van der Waals surface area contributed by atoms with Crippen LogP contribution in [0.5, 0.6) is 11.5 Å². The number of nitrogens with zero attached hydrogens (tertiary/aromatic N) is 3. The Morgan fingerprint density at radius 3 is 2.56 bits per heavy atom. The molecule has 0 aliphatic carbocycles. The largest absolute Gasteiger partial charge is 0.497 e. The Hall–Kier alpha value is -2.90. The molecule has 1 saturated heterocycles. The third-order valence-electron chi connectivity index (χ3n) is 6.12. The minimum Gasteiger partial charge on any atom is -0.497 e. The van der Waals surface area contributed by atoms with Crippen molar-refractivity contribution in [2.45, 2.75) is 26.3 Å². The molecule has 2 aromatic rings. The van der Waals surface area contributed by atoms with Gasteiger partial charge in [-0.3, -0.25) is 9.69 Å². The van der Waals surface area contributed by atoms with Crippen LogP contribution in [-0.2, 0) is 9.53 Å². The number of rotatable bonds is 6. The first-order valence-electron chi connectivity index (χ1n) is 11.0. The summed E-state index contributed by atoms with van der Waals surface area (Å²) in [6, 6.07) is 11.8. The lowest BCUT2D eigenvalue weighted by atomic mass is 9.94. The fourth-order valence-corrected chi connectivity index (χ4v) is 4.41. The second-order valence-corrected chi connectivity index (χ2v) is 8.32. The predicted molar refractivity (Wildman–Crippen MR) is 123 cm³/mol. The van der Waals surface area contributed by atoms with Crippen molar-refractivity contribution in [1.82, 2.24) is 9.91 Å². The van der Waals surface area contributed by atoms with Crippen LogP contribution in [0.15, 0.2) is 41.5 Å². The quantitative estimate of drug-likeness (QED) is 0.694. The highest BCUT2D eigenvalue weighted by Gasteiger charge is 2.36. The van der Waals surface area contributed by atoms with E-state index in [1.54, 1.807) is 19.2 Å². The highest BCUT2D eigenvalue weighted by molar-refractivity contribution is 6.04. The van der Waals surface area contributed by atoms with E-state index in [0.29, 0.717) is 26.2 Å². The number of benzene rings is 2. The van der Waals surface area contributed by atoms with Crippen LogP contribution in [0.25, 0.3) is 0 Å². The predicted octanol–water partition coefficient (Wildman–Crippen LogP) is 3.33. The number of hydrazone groups is 1. The molecule has 1 amide bonds. The number of morpholine rings is 1. The molecule has 2 aliphatic heterocycles. The van der Waals surface area contributed by atoms with Gasteiger partial charge in [-0.1, -0.05) is 23.8 Å². The van der Waals surface area contributed by atoms with Crippen molar-refractivity contribution >= 4 is 11.6 Å². The molecule has 2 heterocycles. The van der Waals surface area contributed by atoms with Crippen molar-refractivity contribution < 1.29 is 19.0 Å². The Morgan fingerprint density at radius 2 is 1.88 bits per heavy atom. The van der Waals surface area contributed by atoms with Crippen molar-refractivity contribution in [2.24, 2.45) is 5.10 Å². The summed E-state index contributed by atoms with van der Waals surface area (Å²) in [6.07, 6.45) is 0.613. The number of carbonyl (C=O) groups excluding carboxylic acids is 1. The van der Waals surface area contributed by atoms with Crippen LogP contribution in [0.1, 0.15) is 34.7 Å². The first-order chi connectivity index (χ1) is 15.5. The van der Waals surface area contributed by atoms with Crippen LogP contribution < -0.4 is 9.47 Å². The monoisotopic (exact) mass is 437 g/mol. The molecule has 2 aliphatic rings. The zero-order valence-electron chi connectivity index (χ0n) is 19.3. The first kappa shape index (κ1) is 22.3. The van der Waals surface area contributed by atoms with Crippen LogP contribution in [0, 0.1) is 13.8 Å². The lowest BCUT2D eigenvalue weighted by molar-refractivity contribution is -0.135. The second-order valence-electron chi connectivity index (χ2n) is 8.32. The molecule has 0 aromatic heterocycles. The molecule has 1 atom stereocenters. The minimum atomic E-state index is -0.260. The summed E-state index contributed by atoms with van der Waals surface area (Å²) in [7, 11) is 3.28. The summed E-state index contributed by atoms with van der Waals surface area (Å²) in [5, 5.41) is 6.49. The summed E-state index contributed by atoms with van der Waals surface area (Å²) in [5.41, 5.74) is 5.24. The highest BCUT2D eigenvalue weighted by Crippen LogP contribution is 2.39. The van der Waals surface area contributed by atoms with E-state index in [1.807, 2.05) is 18.2 Å². The van der Waals surface area contributed by atoms with Gasteiger partial charge in [-0.15, -0.1) is 0 Å². The molecule has 0 unspecified atom stereocenters. The van der Waals surface area contributed by atoms with Crippen molar-refractivity contribution in [3.8, 4) is 11.5 Å². The third kappa shape index (κ3) is 4.64. The van der Waals surface area contributed by atoms with Gasteiger partial charge in [0.15, 0.2) is 0 Å².